The van der Waals surface area contributed by atoms with Gasteiger partial charge in [-0.1, -0.05) is 18.2 Å². The van der Waals surface area contributed by atoms with Crippen molar-refractivity contribution in [2.24, 2.45) is 0 Å². The Morgan fingerprint density at radius 3 is 2.21 bits per heavy atom. The maximum Gasteiger partial charge on any atom is 0.416 e. The van der Waals surface area contributed by atoms with Crippen LogP contribution < -0.4 is 5.32 Å². The van der Waals surface area contributed by atoms with E-state index in [1.54, 1.807) is 0 Å². The van der Waals surface area contributed by atoms with Gasteiger partial charge in [0, 0.05) is 6.54 Å². The highest BCUT2D eigenvalue weighted by Gasteiger charge is 2.57. The monoisotopic (exact) mass is 283 g/mol. The Hall–Kier alpha value is -1.24. The van der Waals surface area contributed by atoms with Gasteiger partial charge in [-0.05, 0) is 24.6 Å². The van der Waals surface area contributed by atoms with Crippen molar-refractivity contribution in [3.63, 3.8) is 0 Å². The second kappa shape index (κ2) is 4.40. The molecule has 0 unspecified atom stereocenters. The van der Waals surface area contributed by atoms with E-state index in [1.807, 2.05) is 0 Å². The minimum Gasteiger partial charge on any atom is -0.315 e. The Morgan fingerprint density at radius 2 is 1.74 bits per heavy atom. The van der Waals surface area contributed by atoms with E-state index in [1.165, 1.54) is 0 Å². The lowest BCUT2D eigenvalue weighted by Gasteiger charge is -2.31. The third kappa shape index (κ3) is 2.43. The minimum absolute atomic E-state index is 0.135. The van der Waals surface area contributed by atoms with Crippen LogP contribution in [0.2, 0.25) is 0 Å². The first-order chi connectivity index (χ1) is 8.67. The van der Waals surface area contributed by atoms with Gasteiger partial charge >= 0.3 is 12.4 Å². The van der Waals surface area contributed by atoms with Crippen LogP contribution in [0.3, 0.4) is 0 Å². The predicted molar refractivity (Wildman–Crippen MR) is 56.7 cm³/mol. The molecule has 106 valence electrons. The normalized spacial score (nSPS) is 24.7. The zero-order valence-electron chi connectivity index (χ0n) is 9.70. The van der Waals surface area contributed by atoms with Crippen LogP contribution in [-0.2, 0) is 11.6 Å². The van der Waals surface area contributed by atoms with E-state index in [4.69, 9.17) is 0 Å². The molecule has 0 saturated carbocycles. The van der Waals surface area contributed by atoms with Crippen molar-refractivity contribution in [2.75, 3.05) is 13.1 Å². The molecule has 1 N–H and O–H groups in total. The minimum atomic E-state index is -4.64. The van der Waals surface area contributed by atoms with Gasteiger partial charge in [-0.3, -0.25) is 0 Å². The van der Waals surface area contributed by atoms with E-state index in [9.17, 15) is 26.3 Å². The molecule has 1 saturated heterocycles. The molecule has 7 heteroatoms. The van der Waals surface area contributed by atoms with Gasteiger partial charge in [-0.25, -0.2) is 0 Å². The Bertz CT molecular complexity index is 456. The molecule has 0 spiro atoms. The van der Waals surface area contributed by atoms with Crippen LogP contribution in [0.1, 0.15) is 17.5 Å². The quantitative estimate of drug-likeness (QED) is 0.778. The summed E-state index contributed by atoms with van der Waals surface area (Å²) in [5.74, 6) is 0. The van der Waals surface area contributed by atoms with Gasteiger partial charge in [0.05, 0.1) is 5.56 Å². The molecule has 1 fully saturated rings. The number of halogens is 6. The first-order valence-corrected chi connectivity index (χ1v) is 5.62. The van der Waals surface area contributed by atoms with Crippen LogP contribution in [0, 0.1) is 0 Å². The Balaban J connectivity index is 2.50. The summed E-state index contributed by atoms with van der Waals surface area (Å²) in [6.07, 6.45) is -9.48. The molecule has 0 aliphatic carbocycles. The van der Waals surface area contributed by atoms with Gasteiger partial charge in [0.15, 0.2) is 0 Å². The second-order valence-electron chi connectivity index (χ2n) is 4.59. The van der Waals surface area contributed by atoms with Crippen molar-refractivity contribution in [2.45, 2.75) is 24.2 Å². The summed E-state index contributed by atoms with van der Waals surface area (Å²) in [4.78, 5) is 0. The lowest BCUT2D eigenvalue weighted by molar-refractivity contribution is -0.185. The van der Waals surface area contributed by atoms with Crippen LogP contribution >= 0.6 is 0 Å². The first kappa shape index (κ1) is 14.2. The number of alkyl halides is 6. The van der Waals surface area contributed by atoms with Crippen LogP contribution in [0.25, 0.3) is 0 Å². The molecule has 19 heavy (non-hydrogen) atoms. The fraction of sp³-hybridized carbons (Fsp3) is 0.500. The summed E-state index contributed by atoms with van der Waals surface area (Å²) in [6, 6.07) is 3.50. The number of rotatable bonds is 1. The van der Waals surface area contributed by atoms with Crippen molar-refractivity contribution in [1.82, 2.24) is 5.32 Å². The van der Waals surface area contributed by atoms with E-state index in [2.05, 4.69) is 5.32 Å². The first-order valence-electron chi connectivity index (χ1n) is 5.62. The topological polar surface area (TPSA) is 12.0 Å². The molecule has 1 heterocycles. The summed E-state index contributed by atoms with van der Waals surface area (Å²) in [5.41, 5.74) is -3.62. The Labute approximate surface area is 105 Å². The van der Waals surface area contributed by atoms with Crippen molar-refractivity contribution in [3.8, 4) is 0 Å². The maximum absolute atomic E-state index is 13.2. The van der Waals surface area contributed by atoms with Gasteiger partial charge in [0.1, 0.15) is 5.41 Å². The van der Waals surface area contributed by atoms with Gasteiger partial charge in [-0.15, -0.1) is 0 Å². The fourth-order valence-electron chi connectivity index (χ4n) is 2.34. The molecule has 1 aromatic rings. The lowest BCUT2D eigenvalue weighted by Crippen LogP contribution is -2.44. The SMILES string of the molecule is FC(F)(F)c1cccc([C@]2(C(F)(F)F)CCNC2)c1. The highest BCUT2D eigenvalue weighted by Crippen LogP contribution is 2.46. The van der Waals surface area contributed by atoms with Gasteiger partial charge in [0.2, 0.25) is 0 Å². The maximum atomic E-state index is 13.2. The van der Waals surface area contributed by atoms with E-state index in [0.717, 1.165) is 18.2 Å². The molecule has 1 atom stereocenters. The third-order valence-electron chi connectivity index (χ3n) is 3.44. The standard InChI is InChI=1S/C12H11F6N/c13-11(14,15)9-3-1-2-8(6-9)10(12(16,17)18)4-5-19-7-10/h1-3,6,19H,4-5,7H2/t10-/m0/s1. The van der Waals surface area contributed by atoms with Gasteiger partial charge < -0.3 is 5.32 Å². The summed E-state index contributed by atoms with van der Waals surface area (Å²) >= 11 is 0. The van der Waals surface area contributed by atoms with E-state index >= 15 is 0 Å². The van der Waals surface area contributed by atoms with Crippen molar-refractivity contribution < 1.29 is 26.3 Å². The highest BCUT2D eigenvalue weighted by atomic mass is 19.4. The molecule has 0 radical (unpaired) electrons. The number of hydrogen-bond donors (Lipinski definition) is 1. The van der Waals surface area contributed by atoms with Crippen molar-refractivity contribution in [3.05, 3.63) is 35.4 Å². The second-order valence-corrected chi connectivity index (χ2v) is 4.59. The van der Waals surface area contributed by atoms with E-state index in [-0.39, 0.29) is 18.5 Å². The molecule has 2 rings (SSSR count). The summed E-state index contributed by atoms with van der Waals surface area (Å²) in [5, 5.41) is 2.58. The molecule has 0 amide bonds. The van der Waals surface area contributed by atoms with Crippen molar-refractivity contribution >= 4 is 0 Å². The summed E-state index contributed by atoms with van der Waals surface area (Å²) in [6.45, 7) is -0.256. The Kier molecular flexibility index (Phi) is 3.28. The highest BCUT2D eigenvalue weighted by molar-refractivity contribution is 5.34. The molecule has 1 aromatic carbocycles. The summed E-state index contributed by atoms with van der Waals surface area (Å²) in [7, 11) is 0. The van der Waals surface area contributed by atoms with Crippen LogP contribution in [0.5, 0.6) is 0 Å². The molecular weight excluding hydrogens is 272 g/mol. The average Bonchev–Trinajstić information content (AvgIpc) is 2.77. The van der Waals surface area contributed by atoms with Crippen LogP contribution in [0.4, 0.5) is 26.3 Å². The number of hydrogen-bond acceptors (Lipinski definition) is 1. The molecule has 1 aliphatic rings. The lowest BCUT2D eigenvalue weighted by atomic mass is 9.78. The van der Waals surface area contributed by atoms with E-state index in [0.29, 0.717) is 6.07 Å². The Morgan fingerprint density at radius 1 is 1.05 bits per heavy atom. The van der Waals surface area contributed by atoms with Crippen LogP contribution in [-0.4, -0.2) is 19.3 Å². The van der Waals surface area contributed by atoms with Gasteiger partial charge in [-0.2, -0.15) is 26.3 Å². The molecule has 1 aliphatic heterocycles. The van der Waals surface area contributed by atoms with E-state index < -0.39 is 29.9 Å². The molecule has 1 nitrogen and oxygen atoms in total. The largest absolute Gasteiger partial charge is 0.416 e. The fourth-order valence-corrected chi connectivity index (χ4v) is 2.34. The molecular formula is C12H11F6N. The van der Waals surface area contributed by atoms with Gasteiger partial charge in [0.25, 0.3) is 0 Å². The third-order valence-corrected chi connectivity index (χ3v) is 3.44. The number of benzene rings is 1. The zero-order chi connectivity index (χ0) is 14.3. The predicted octanol–water partition coefficient (Wildman–Crippen LogP) is 3.50. The van der Waals surface area contributed by atoms with Crippen LogP contribution in [0.15, 0.2) is 24.3 Å². The number of nitrogens with one attached hydrogen (secondary N) is 1. The molecule has 0 bridgehead atoms. The smallest absolute Gasteiger partial charge is 0.315 e. The average molecular weight is 283 g/mol. The van der Waals surface area contributed by atoms with Crippen molar-refractivity contribution in [1.29, 1.82) is 0 Å². The summed E-state index contributed by atoms with van der Waals surface area (Å²) < 4.78 is 77.4. The zero-order valence-corrected chi connectivity index (χ0v) is 9.70. The molecule has 0 aromatic heterocycles.